The summed E-state index contributed by atoms with van der Waals surface area (Å²) in [7, 11) is 1.82. The van der Waals surface area contributed by atoms with E-state index >= 15 is 0 Å². The molecule has 1 aliphatic heterocycles. The quantitative estimate of drug-likeness (QED) is 0.812. The zero-order valence-electron chi connectivity index (χ0n) is 9.88. The van der Waals surface area contributed by atoms with Crippen LogP contribution in [-0.4, -0.2) is 38.2 Å². The summed E-state index contributed by atoms with van der Waals surface area (Å²) >= 11 is 0. The standard InChI is InChI=1S/C11H15N3O3/c1-7-3-9(13(2)12-7)6-14-5-8(11(16)17)4-10(14)15/h3,8H,4-6H2,1-2H3,(H,16,17). The van der Waals surface area contributed by atoms with Crippen molar-refractivity contribution in [2.24, 2.45) is 13.0 Å². The van der Waals surface area contributed by atoms with Crippen LogP contribution in [0.1, 0.15) is 17.8 Å². The summed E-state index contributed by atoms with van der Waals surface area (Å²) in [6.45, 7) is 2.60. The van der Waals surface area contributed by atoms with Crippen LogP contribution in [-0.2, 0) is 23.2 Å². The Morgan fingerprint density at radius 3 is 2.82 bits per heavy atom. The highest BCUT2D eigenvalue weighted by Gasteiger charge is 2.34. The van der Waals surface area contributed by atoms with E-state index in [1.165, 1.54) is 0 Å². The van der Waals surface area contributed by atoms with Gasteiger partial charge in [0.1, 0.15) is 0 Å². The van der Waals surface area contributed by atoms with E-state index in [2.05, 4.69) is 5.10 Å². The Balaban J connectivity index is 2.07. The van der Waals surface area contributed by atoms with Gasteiger partial charge in [-0.15, -0.1) is 0 Å². The lowest BCUT2D eigenvalue weighted by Crippen LogP contribution is -2.26. The molecule has 1 aliphatic rings. The highest BCUT2D eigenvalue weighted by atomic mass is 16.4. The molecule has 0 aliphatic carbocycles. The largest absolute Gasteiger partial charge is 0.481 e. The zero-order chi connectivity index (χ0) is 12.6. The summed E-state index contributed by atoms with van der Waals surface area (Å²) in [6, 6.07) is 1.90. The average molecular weight is 237 g/mol. The summed E-state index contributed by atoms with van der Waals surface area (Å²) in [5.41, 5.74) is 1.81. The van der Waals surface area contributed by atoms with E-state index < -0.39 is 11.9 Å². The Morgan fingerprint density at radius 1 is 1.65 bits per heavy atom. The van der Waals surface area contributed by atoms with Gasteiger partial charge in [0.05, 0.1) is 23.9 Å². The van der Waals surface area contributed by atoms with Gasteiger partial charge in [0, 0.05) is 20.0 Å². The maximum absolute atomic E-state index is 11.6. The lowest BCUT2D eigenvalue weighted by atomic mass is 10.1. The number of carboxylic acid groups (broad SMARTS) is 1. The first kappa shape index (κ1) is 11.6. The minimum atomic E-state index is -0.901. The summed E-state index contributed by atoms with van der Waals surface area (Å²) in [4.78, 5) is 24.0. The van der Waals surface area contributed by atoms with Gasteiger partial charge < -0.3 is 10.0 Å². The molecule has 6 heteroatoms. The predicted molar refractivity (Wildman–Crippen MR) is 59.1 cm³/mol. The lowest BCUT2D eigenvalue weighted by Gasteiger charge is -2.15. The third-order valence-corrected chi connectivity index (χ3v) is 3.02. The summed E-state index contributed by atoms with van der Waals surface area (Å²) in [5.74, 6) is -1.57. The van der Waals surface area contributed by atoms with Gasteiger partial charge in [-0.05, 0) is 13.0 Å². The van der Waals surface area contributed by atoms with Gasteiger partial charge in [-0.1, -0.05) is 0 Å². The van der Waals surface area contributed by atoms with Gasteiger partial charge in [-0.25, -0.2) is 0 Å². The topological polar surface area (TPSA) is 75.4 Å². The van der Waals surface area contributed by atoms with Crippen molar-refractivity contribution in [3.8, 4) is 0 Å². The van der Waals surface area contributed by atoms with Gasteiger partial charge in [0.15, 0.2) is 0 Å². The fraction of sp³-hybridized carbons (Fsp3) is 0.545. The Hall–Kier alpha value is -1.85. The van der Waals surface area contributed by atoms with Crippen LogP contribution in [0, 0.1) is 12.8 Å². The second-order valence-electron chi connectivity index (χ2n) is 4.41. The van der Waals surface area contributed by atoms with Crippen molar-refractivity contribution in [2.75, 3.05) is 6.54 Å². The van der Waals surface area contributed by atoms with Crippen LogP contribution in [0.2, 0.25) is 0 Å². The molecule has 0 radical (unpaired) electrons. The SMILES string of the molecule is Cc1cc(CN2CC(C(=O)O)CC2=O)n(C)n1. The van der Waals surface area contributed by atoms with Gasteiger partial charge in [0.2, 0.25) is 5.91 Å². The molecule has 0 bridgehead atoms. The molecule has 92 valence electrons. The molecule has 17 heavy (non-hydrogen) atoms. The minimum absolute atomic E-state index is 0.101. The van der Waals surface area contributed by atoms with E-state index in [1.807, 2.05) is 20.0 Å². The van der Waals surface area contributed by atoms with Crippen LogP contribution >= 0.6 is 0 Å². The number of nitrogens with zero attached hydrogens (tertiary/aromatic N) is 3. The van der Waals surface area contributed by atoms with Crippen LogP contribution in [0.4, 0.5) is 0 Å². The van der Waals surface area contributed by atoms with E-state index in [4.69, 9.17) is 5.11 Å². The molecular weight excluding hydrogens is 222 g/mol. The normalized spacial score (nSPS) is 20.0. The van der Waals surface area contributed by atoms with Gasteiger partial charge in [-0.3, -0.25) is 14.3 Å². The summed E-state index contributed by atoms with van der Waals surface area (Å²) in [6.07, 6.45) is 0.103. The molecule has 2 rings (SSSR count). The first-order chi connectivity index (χ1) is 7.97. The van der Waals surface area contributed by atoms with Crippen LogP contribution in [0.3, 0.4) is 0 Å². The minimum Gasteiger partial charge on any atom is -0.481 e. The number of likely N-dealkylation sites (tertiary alicyclic amines) is 1. The van der Waals surface area contributed by atoms with Crippen LogP contribution in [0.5, 0.6) is 0 Å². The molecule has 0 spiro atoms. The van der Waals surface area contributed by atoms with Gasteiger partial charge in [0.25, 0.3) is 0 Å². The predicted octanol–water partition coefficient (Wildman–Crippen LogP) is 0.162. The molecular formula is C11H15N3O3. The number of aromatic nitrogens is 2. The number of carbonyl (C=O) groups is 2. The Morgan fingerprint density at radius 2 is 2.35 bits per heavy atom. The Kier molecular flexibility index (Phi) is 2.87. The van der Waals surface area contributed by atoms with Crippen LogP contribution < -0.4 is 0 Å². The van der Waals surface area contributed by atoms with Crippen LogP contribution in [0.25, 0.3) is 0 Å². The smallest absolute Gasteiger partial charge is 0.308 e. The van der Waals surface area contributed by atoms with E-state index in [-0.39, 0.29) is 12.3 Å². The molecule has 0 saturated carbocycles. The second kappa shape index (κ2) is 4.20. The average Bonchev–Trinajstić information content (AvgIpc) is 2.73. The van der Waals surface area contributed by atoms with Crippen molar-refractivity contribution in [1.29, 1.82) is 0 Å². The molecule has 0 aromatic carbocycles. The fourth-order valence-corrected chi connectivity index (χ4v) is 2.10. The number of aryl methyl sites for hydroxylation is 2. The fourth-order valence-electron chi connectivity index (χ4n) is 2.10. The number of rotatable bonds is 3. The third-order valence-electron chi connectivity index (χ3n) is 3.02. The number of aliphatic carboxylic acids is 1. The maximum atomic E-state index is 11.6. The molecule has 1 unspecified atom stereocenters. The van der Waals surface area contributed by atoms with Crippen molar-refractivity contribution in [3.05, 3.63) is 17.5 Å². The number of hydrogen-bond acceptors (Lipinski definition) is 3. The highest BCUT2D eigenvalue weighted by Crippen LogP contribution is 2.20. The highest BCUT2D eigenvalue weighted by molar-refractivity contribution is 5.86. The van der Waals surface area contributed by atoms with Crippen LogP contribution in [0.15, 0.2) is 6.07 Å². The Labute approximate surface area is 98.8 Å². The molecule has 1 N–H and O–H groups in total. The van der Waals surface area contributed by atoms with E-state index in [9.17, 15) is 9.59 Å². The Bertz CT molecular complexity index is 467. The molecule has 2 heterocycles. The van der Waals surface area contributed by atoms with E-state index in [0.717, 1.165) is 11.4 Å². The number of carbonyl (C=O) groups excluding carboxylic acids is 1. The lowest BCUT2D eigenvalue weighted by molar-refractivity contribution is -0.141. The molecule has 6 nitrogen and oxygen atoms in total. The maximum Gasteiger partial charge on any atom is 0.308 e. The number of carboxylic acids is 1. The summed E-state index contributed by atoms with van der Waals surface area (Å²) in [5, 5.41) is 13.1. The summed E-state index contributed by atoms with van der Waals surface area (Å²) < 4.78 is 1.72. The monoisotopic (exact) mass is 237 g/mol. The second-order valence-corrected chi connectivity index (χ2v) is 4.41. The molecule has 1 aromatic heterocycles. The number of amides is 1. The molecule has 1 saturated heterocycles. The first-order valence-corrected chi connectivity index (χ1v) is 5.47. The van der Waals surface area contributed by atoms with Crippen molar-refractivity contribution in [1.82, 2.24) is 14.7 Å². The molecule has 1 amide bonds. The zero-order valence-corrected chi connectivity index (χ0v) is 9.88. The van der Waals surface area contributed by atoms with Crippen molar-refractivity contribution in [2.45, 2.75) is 19.9 Å². The first-order valence-electron chi connectivity index (χ1n) is 5.47. The third kappa shape index (κ3) is 2.30. The van der Waals surface area contributed by atoms with E-state index in [0.29, 0.717) is 13.1 Å². The number of hydrogen-bond donors (Lipinski definition) is 1. The van der Waals surface area contributed by atoms with Gasteiger partial charge in [-0.2, -0.15) is 5.10 Å². The van der Waals surface area contributed by atoms with Crippen molar-refractivity contribution in [3.63, 3.8) is 0 Å². The van der Waals surface area contributed by atoms with E-state index in [1.54, 1.807) is 9.58 Å². The van der Waals surface area contributed by atoms with Crippen molar-refractivity contribution >= 4 is 11.9 Å². The molecule has 1 aromatic rings. The van der Waals surface area contributed by atoms with Gasteiger partial charge >= 0.3 is 5.97 Å². The molecule has 1 atom stereocenters. The molecule has 1 fully saturated rings. The van der Waals surface area contributed by atoms with Crippen molar-refractivity contribution < 1.29 is 14.7 Å².